The van der Waals surface area contributed by atoms with E-state index in [0.717, 1.165) is 15.9 Å². The zero-order valence-electron chi connectivity index (χ0n) is 8.45. The molecule has 16 heavy (non-hydrogen) atoms. The Morgan fingerprint density at radius 3 is 2.75 bits per heavy atom. The van der Waals surface area contributed by atoms with E-state index in [-0.39, 0.29) is 0 Å². The molecular formula is C11H8BrClN2O. The van der Waals surface area contributed by atoms with E-state index in [1.54, 1.807) is 13.2 Å². The second-order valence-electron chi connectivity index (χ2n) is 3.08. The van der Waals surface area contributed by atoms with Crippen LogP contribution in [-0.4, -0.2) is 17.1 Å². The number of halogens is 2. The fourth-order valence-electron chi connectivity index (χ4n) is 1.31. The lowest BCUT2D eigenvalue weighted by Gasteiger charge is -2.06. The third-order valence-corrected chi connectivity index (χ3v) is 2.83. The van der Waals surface area contributed by atoms with Gasteiger partial charge in [0.1, 0.15) is 16.7 Å². The molecule has 2 aromatic rings. The number of ether oxygens (including phenoxy) is 1. The van der Waals surface area contributed by atoms with Gasteiger partial charge in [0.25, 0.3) is 0 Å². The van der Waals surface area contributed by atoms with Crippen molar-refractivity contribution in [3.05, 3.63) is 40.2 Å². The topological polar surface area (TPSA) is 35.0 Å². The van der Waals surface area contributed by atoms with Gasteiger partial charge in [0.2, 0.25) is 0 Å². The molecule has 1 aromatic heterocycles. The Morgan fingerprint density at radius 2 is 2.06 bits per heavy atom. The van der Waals surface area contributed by atoms with Crippen molar-refractivity contribution in [3.63, 3.8) is 0 Å². The fraction of sp³-hybridized carbons (Fsp3) is 0.0909. The Kier molecular flexibility index (Phi) is 3.41. The van der Waals surface area contributed by atoms with Crippen molar-refractivity contribution in [1.82, 2.24) is 9.97 Å². The zero-order valence-corrected chi connectivity index (χ0v) is 10.8. The molecule has 0 amide bonds. The maximum absolute atomic E-state index is 5.95. The van der Waals surface area contributed by atoms with E-state index in [1.807, 2.05) is 18.2 Å². The molecule has 0 N–H and O–H groups in total. The highest BCUT2D eigenvalue weighted by molar-refractivity contribution is 9.10. The van der Waals surface area contributed by atoms with Crippen LogP contribution in [0.1, 0.15) is 0 Å². The van der Waals surface area contributed by atoms with E-state index in [4.69, 9.17) is 16.3 Å². The minimum absolute atomic E-state index is 0.583. The van der Waals surface area contributed by atoms with Crippen LogP contribution in [0.3, 0.4) is 0 Å². The maximum atomic E-state index is 5.95. The highest BCUT2D eigenvalue weighted by atomic mass is 79.9. The summed E-state index contributed by atoms with van der Waals surface area (Å²) in [5.41, 5.74) is 1.75. The molecule has 0 aliphatic heterocycles. The molecule has 0 spiro atoms. The van der Waals surface area contributed by atoms with E-state index in [9.17, 15) is 0 Å². The normalized spacial score (nSPS) is 10.2. The predicted octanol–water partition coefficient (Wildman–Crippen LogP) is 3.57. The van der Waals surface area contributed by atoms with Crippen LogP contribution in [0.25, 0.3) is 11.3 Å². The van der Waals surface area contributed by atoms with Crippen LogP contribution in [0, 0.1) is 0 Å². The highest BCUT2D eigenvalue weighted by Gasteiger charge is 2.05. The van der Waals surface area contributed by atoms with Crippen LogP contribution in [0.15, 0.2) is 35.2 Å². The Bertz CT molecular complexity index is 519. The summed E-state index contributed by atoms with van der Waals surface area (Å²) < 4.78 is 5.89. The third-order valence-electron chi connectivity index (χ3n) is 2.08. The van der Waals surface area contributed by atoms with Crippen LogP contribution < -0.4 is 4.74 Å². The summed E-state index contributed by atoms with van der Waals surface area (Å²) in [5, 5.41) is 0.583. The first-order valence-electron chi connectivity index (χ1n) is 4.52. The SMILES string of the molecule is COc1cc(-c2cc(Br)ncn2)ccc1Cl. The molecule has 0 radical (unpaired) electrons. The monoisotopic (exact) mass is 298 g/mol. The second kappa shape index (κ2) is 4.80. The number of nitrogens with zero attached hydrogens (tertiary/aromatic N) is 2. The van der Waals surface area contributed by atoms with Crippen LogP contribution in [0.4, 0.5) is 0 Å². The molecule has 0 saturated carbocycles. The fourth-order valence-corrected chi connectivity index (χ4v) is 1.81. The molecule has 0 saturated heterocycles. The Morgan fingerprint density at radius 1 is 1.25 bits per heavy atom. The minimum Gasteiger partial charge on any atom is -0.495 e. The third kappa shape index (κ3) is 2.33. The first-order chi connectivity index (χ1) is 7.70. The van der Waals surface area contributed by atoms with Crippen molar-refractivity contribution in [1.29, 1.82) is 0 Å². The van der Waals surface area contributed by atoms with Crippen LogP contribution in [0.2, 0.25) is 5.02 Å². The molecular weight excluding hydrogens is 291 g/mol. The molecule has 0 bridgehead atoms. The molecule has 0 atom stereocenters. The number of rotatable bonds is 2. The quantitative estimate of drug-likeness (QED) is 0.795. The molecule has 1 heterocycles. The van der Waals surface area contributed by atoms with Crippen molar-refractivity contribution < 1.29 is 4.74 Å². The summed E-state index contributed by atoms with van der Waals surface area (Å²) in [6, 6.07) is 7.35. The molecule has 5 heteroatoms. The van der Waals surface area contributed by atoms with Gasteiger partial charge in [0.05, 0.1) is 17.8 Å². The van der Waals surface area contributed by atoms with Crippen LogP contribution >= 0.6 is 27.5 Å². The largest absolute Gasteiger partial charge is 0.495 e. The van der Waals surface area contributed by atoms with E-state index in [0.29, 0.717) is 10.8 Å². The van der Waals surface area contributed by atoms with Crippen molar-refractivity contribution in [3.8, 4) is 17.0 Å². The average molecular weight is 300 g/mol. The van der Waals surface area contributed by atoms with Crippen molar-refractivity contribution in [2.75, 3.05) is 7.11 Å². The molecule has 2 rings (SSSR count). The predicted molar refractivity (Wildman–Crippen MR) is 66.7 cm³/mol. The minimum atomic E-state index is 0.583. The second-order valence-corrected chi connectivity index (χ2v) is 4.29. The molecule has 3 nitrogen and oxygen atoms in total. The van der Waals surface area contributed by atoms with Gasteiger partial charge in [-0.2, -0.15) is 0 Å². The van der Waals surface area contributed by atoms with Gasteiger partial charge < -0.3 is 4.74 Å². The molecule has 0 aliphatic carbocycles. The molecule has 1 aromatic carbocycles. The van der Waals surface area contributed by atoms with Gasteiger partial charge in [0.15, 0.2) is 0 Å². The Balaban J connectivity index is 2.48. The lowest BCUT2D eigenvalue weighted by atomic mass is 10.1. The summed E-state index contributed by atoms with van der Waals surface area (Å²) in [7, 11) is 1.58. The van der Waals surface area contributed by atoms with E-state index in [1.165, 1.54) is 6.33 Å². The summed E-state index contributed by atoms with van der Waals surface area (Å²) in [6.07, 6.45) is 1.50. The van der Waals surface area contributed by atoms with E-state index >= 15 is 0 Å². The molecule has 0 fully saturated rings. The van der Waals surface area contributed by atoms with Gasteiger partial charge in [-0.3, -0.25) is 0 Å². The van der Waals surface area contributed by atoms with Gasteiger partial charge >= 0.3 is 0 Å². The number of hydrogen-bond donors (Lipinski definition) is 0. The van der Waals surface area contributed by atoms with Crippen molar-refractivity contribution in [2.45, 2.75) is 0 Å². The van der Waals surface area contributed by atoms with Crippen molar-refractivity contribution in [2.24, 2.45) is 0 Å². The number of methoxy groups -OCH3 is 1. The first kappa shape index (κ1) is 11.4. The molecule has 0 aliphatic rings. The summed E-state index contributed by atoms with van der Waals surface area (Å²) in [4.78, 5) is 8.15. The average Bonchev–Trinajstić information content (AvgIpc) is 2.29. The summed E-state index contributed by atoms with van der Waals surface area (Å²) in [5.74, 6) is 0.633. The summed E-state index contributed by atoms with van der Waals surface area (Å²) >= 11 is 9.25. The van der Waals surface area contributed by atoms with Gasteiger partial charge in [-0.1, -0.05) is 17.7 Å². The van der Waals surface area contributed by atoms with Crippen molar-refractivity contribution >= 4 is 27.5 Å². The Hall–Kier alpha value is -1.13. The smallest absolute Gasteiger partial charge is 0.138 e. The number of hydrogen-bond acceptors (Lipinski definition) is 3. The van der Waals surface area contributed by atoms with E-state index in [2.05, 4.69) is 25.9 Å². The maximum Gasteiger partial charge on any atom is 0.138 e. The standard InChI is InChI=1S/C11H8BrClN2O/c1-16-10-4-7(2-3-8(10)13)9-5-11(12)15-6-14-9/h2-6H,1H3. The van der Waals surface area contributed by atoms with Crippen LogP contribution in [-0.2, 0) is 0 Å². The number of benzene rings is 1. The lowest BCUT2D eigenvalue weighted by Crippen LogP contribution is -1.88. The van der Waals surface area contributed by atoms with Gasteiger partial charge in [0, 0.05) is 5.56 Å². The summed E-state index contributed by atoms with van der Waals surface area (Å²) in [6.45, 7) is 0. The van der Waals surface area contributed by atoms with Gasteiger partial charge in [-0.15, -0.1) is 0 Å². The van der Waals surface area contributed by atoms with Gasteiger partial charge in [-0.05, 0) is 34.1 Å². The van der Waals surface area contributed by atoms with Gasteiger partial charge in [-0.25, -0.2) is 9.97 Å². The van der Waals surface area contributed by atoms with Crippen LogP contribution in [0.5, 0.6) is 5.75 Å². The molecule has 0 unspecified atom stereocenters. The first-order valence-corrected chi connectivity index (χ1v) is 5.69. The zero-order chi connectivity index (χ0) is 11.5. The lowest BCUT2D eigenvalue weighted by molar-refractivity contribution is 0.415. The molecule has 82 valence electrons. The highest BCUT2D eigenvalue weighted by Crippen LogP contribution is 2.29. The Labute approximate surface area is 107 Å². The van der Waals surface area contributed by atoms with E-state index < -0.39 is 0 Å². The number of aromatic nitrogens is 2.